The molecule has 0 radical (unpaired) electrons. The summed E-state index contributed by atoms with van der Waals surface area (Å²) in [6, 6.07) is 4.32. The fourth-order valence-corrected chi connectivity index (χ4v) is 3.78. The molecule has 25 heavy (non-hydrogen) atoms. The van der Waals surface area contributed by atoms with Crippen molar-refractivity contribution in [2.45, 2.75) is 77.7 Å². The molecule has 2 rings (SSSR count). The van der Waals surface area contributed by atoms with E-state index < -0.39 is 0 Å². The molecule has 0 aromatic heterocycles. The molecule has 0 atom stereocenters. The standard InChI is InChI=1S/C22H37NO2/c1-4-5-6-7-8-9-10-11-12-14-23-15-13-19-16-21(24-2)22(25-3)17-20(19)18-23/h16-17H,4-15,18H2,1-3H3. The largest absolute Gasteiger partial charge is 0.493 e. The van der Waals surface area contributed by atoms with Crippen molar-refractivity contribution in [3.05, 3.63) is 23.3 Å². The van der Waals surface area contributed by atoms with Gasteiger partial charge in [-0.15, -0.1) is 0 Å². The second-order valence-electron chi connectivity index (χ2n) is 7.33. The number of ether oxygens (including phenoxy) is 2. The number of hydrogen-bond donors (Lipinski definition) is 0. The van der Waals surface area contributed by atoms with Crippen LogP contribution in [0.1, 0.15) is 75.8 Å². The maximum absolute atomic E-state index is 5.45. The second kappa shape index (κ2) is 11.4. The Morgan fingerprint density at radius 1 is 0.800 bits per heavy atom. The third kappa shape index (κ3) is 6.54. The van der Waals surface area contributed by atoms with Crippen LogP contribution in [-0.2, 0) is 13.0 Å². The molecule has 0 unspecified atom stereocenters. The lowest BCUT2D eigenvalue weighted by Gasteiger charge is -2.29. The van der Waals surface area contributed by atoms with Gasteiger partial charge in [0.2, 0.25) is 0 Å². The van der Waals surface area contributed by atoms with E-state index in [1.54, 1.807) is 14.2 Å². The van der Waals surface area contributed by atoms with Crippen molar-refractivity contribution in [1.29, 1.82) is 0 Å². The summed E-state index contributed by atoms with van der Waals surface area (Å²) in [7, 11) is 3.43. The average molecular weight is 348 g/mol. The summed E-state index contributed by atoms with van der Waals surface area (Å²) >= 11 is 0. The van der Waals surface area contributed by atoms with Crippen LogP contribution < -0.4 is 9.47 Å². The number of hydrogen-bond acceptors (Lipinski definition) is 3. The van der Waals surface area contributed by atoms with E-state index in [0.717, 1.165) is 24.5 Å². The van der Waals surface area contributed by atoms with E-state index in [0.29, 0.717) is 0 Å². The highest BCUT2D eigenvalue weighted by molar-refractivity contribution is 5.48. The van der Waals surface area contributed by atoms with E-state index >= 15 is 0 Å². The third-order valence-corrected chi connectivity index (χ3v) is 5.38. The Labute approximate surface area is 154 Å². The molecule has 3 heteroatoms. The van der Waals surface area contributed by atoms with Crippen LogP contribution in [-0.4, -0.2) is 32.2 Å². The maximum atomic E-state index is 5.45. The zero-order valence-corrected chi connectivity index (χ0v) is 16.6. The van der Waals surface area contributed by atoms with Gasteiger partial charge in [0, 0.05) is 13.1 Å². The Balaban J connectivity index is 1.65. The van der Waals surface area contributed by atoms with Crippen LogP contribution in [0.3, 0.4) is 0 Å². The average Bonchev–Trinajstić information content (AvgIpc) is 2.65. The zero-order valence-electron chi connectivity index (χ0n) is 16.6. The summed E-state index contributed by atoms with van der Waals surface area (Å²) in [6.45, 7) is 5.72. The number of methoxy groups -OCH3 is 2. The minimum atomic E-state index is 0.853. The van der Waals surface area contributed by atoms with Gasteiger partial charge in [0.15, 0.2) is 11.5 Å². The Hall–Kier alpha value is -1.22. The summed E-state index contributed by atoms with van der Waals surface area (Å²) in [5.41, 5.74) is 2.82. The molecule has 1 aromatic carbocycles. The maximum Gasteiger partial charge on any atom is 0.161 e. The molecule has 0 N–H and O–H groups in total. The number of unbranched alkanes of at least 4 members (excludes halogenated alkanes) is 8. The van der Waals surface area contributed by atoms with Crippen molar-refractivity contribution in [3.8, 4) is 11.5 Å². The smallest absolute Gasteiger partial charge is 0.161 e. The van der Waals surface area contributed by atoms with Crippen LogP contribution in [0.4, 0.5) is 0 Å². The lowest BCUT2D eigenvalue weighted by Crippen LogP contribution is -2.31. The van der Waals surface area contributed by atoms with E-state index in [1.807, 2.05) is 0 Å². The molecule has 0 spiro atoms. The van der Waals surface area contributed by atoms with Crippen LogP contribution in [0, 0.1) is 0 Å². The van der Waals surface area contributed by atoms with Crippen molar-refractivity contribution in [2.24, 2.45) is 0 Å². The highest BCUT2D eigenvalue weighted by atomic mass is 16.5. The number of nitrogens with zero attached hydrogens (tertiary/aromatic N) is 1. The summed E-state index contributed by atoms with van der Waals surface area (Å²) in [6.07, 6.45) is 13.7. The van der Waals surface area contributed by atoms with Crippen LogP contribution in [0.15, 0.2) is 12.1 Å². The first-order valence-electron chi connectivity index (χ1n) is 10.2. The van der Waals surface area contributed by atoms with Crippen molar-refractivity contribution in [2.75, 3.05) is 27.3 Å². The fourth-order valence-electron chi connectivity index (χ4n) is 3.78. The first kappa shape index (κ1) is 20.1. The molecule has 0 aliphatic carbocycles. The van der Waals surface area contributed by atoms with E-state index in [-0.39, 0.29) is 0 Å². The molecule has 1 heterocycles. The number of fused-ring (bicyclic) bond motifs is 1. The summed E-state index contributed by atoms with van der Waals surface area (Å²) in [5, 5.41) is 0. The van der Waals surface area contributed by atoms with Crippen molar-refractivity contribution in [3.63, 3.8) is 0 Å². The Morgan fingerprint density at radius 3 is 1.96 bits per heavy atom. The first-order chi connectivity index (χ1) is 12.3. The second-order valence-corrected chi connectivity index (χ2v) is 7.33. The van der Waals surface area contributed by atoms with Gasteiger partial charge >= 0.3 is 0 Å². The van der Waals surface area contributed by atoms with Crippen LogP contribution in [0.25, 0.3) is 0 Å². The van der Waals surface area contributed by atoms with Gasteiger partial charge in [-0.1, -0.05) is 58.3 Å². The fraction of sp³-hybridized carbons (Fsp3) is 0.727. The molecule has 1 aliphatic rings. The molecule has 142 valence electrons. The quantitative estimate of drug-likeness (QED) is 0.460. The summed E-state index contributed by atoms with van der Waals surface area (Å²) in [4.78, 5) is 2.59. The molecule has 0 saturated carbocycles. The highest BCUT2D eigenvalue weighted by Gasteiger charge is 2.18. The normalized spacial score (nSPS) is 14.4. The number of benzene rings is 1. The zero-order chi connectivity index (χ0) is 17.9. The van der Waals surface area contributed by atoms with Gasteiger partial charge in [-0.05, 0) is 42.6 Å². The minimum absolute atomic E-state index is 0.853. The predicted octanol–water partition coefficient (Wildman–Crippen LogP) is 5.59. The van der Waals surface area contributed by atoms with Gasteiger partial charge in [0.25, 0.3) is 0 Å². The Kier molecular flexibility index (Phi) is 9.17. The van der Waals surface area contributed by atoms with E-state index in [4.69, 9.17) is 9.47 Å². The molecule has 0 amide bonds. The monoisotopic (exact) mass is 347 g/mol. The molecular formula is C22H37NO2. The van der Waals surface area contributed by atoms with Gasteiger partial charge in [-0.3, -0.25) is 4.90 Å². The van der Waals surface area contributed by atoms with Gasteiger partial charge in [-0.2, -0.15) is 0 Å². The van der Waals surface area contributed by atoms with E-state index in [1.165, 1.54) is 82.0 Å². The molecule has 1 aromatic rings. The van der Waals surface area contributed by atoms with Gasteiger partial charge < -0.3 is 9.47 Å². The van der Waals surface area contributed by atoms with Crippen molar-refractivity contribution in [1.82, 2.24) is 4.90 Å². The Bertz CT molecular complexity index is 501. The number of rotatable bonds is 12. The highest BCUT2D eigenvalue weighted by Crippen LogP contribution is 2.33. The molecule has 1 aliphatic heterocycles. The van der Waals surface area contributed by atoms with Gasteiger partial charge in [-0.25, -0.2) is 0 Å². The van der Waals surface area contributed by atoms with Gasteiger partial charge in [0.05, 0.1) is 14.2 Å². The molecule has 0 saturated heterocycles. The topological polar surface area (TPSA) is 21.7 Å². The predicted molar refractivity (Wildman–Crippen MR) is 106 cm³/mol. The Morgan fingerprint density at radius 2 is 1.36 bits per heavy atom. The lowest BCUT2D eigenvalue weighted by molar-refractivity contribution is 0.246. The van der Waals surface area contributed by atoms with E-state index in [2.05, 4.69) is 24.0 Å². The van der Waals surface area contributed by atoms with Crippen LogP contribution in [0.5, 0.6) is 11.5 Å². The van der Waals surface area contributed by atoms with Crippen molar-refractivity contribution < 1.29 is 9.47 Å². The first-order valence-corrected chi connectivity index (χ1v) is 10.2. The molecule has 0 bridgehead atoms. The molecule has 0 fully saturated rings. The van der Waals surface area contributed by atoms with Crippen molar-refractivity contribution >= 4 is 0 Å². The molecule has 3 nitrogen and oxygen atoms in total. The van der Waals surface area contributed by atoms with E-state index in [9.17, 15) is 0 Å². The van der Waals surface area contributed by atoms with Crippen LogP contribution >= 0.6 is 0 Å². The SMILES string of the molecule is CCCCCCCCCCCN1CCc2cc(OC)c(OC)cc2C1. The minimum Gasteiger partial charge on any atom is -0.493 e. The lowest BCUT2D eigenvalue weighted by atomic mass is 9.98. The summed E-state index contributed by atoms with van der Waals surface area (Å²) < 4.78 is 10.9. The molecular weight excluding hydrogens is 310 g/mol. The summed E-state index contributed by atoms with van der Waals surface area (Å²) in [5.74, 6) is 1.71. The van der Waals surface area contributed by atoms with Gasteiger partial charge in [0.1, 0.15) is 0 Å². The third-order valence-electron chi connectivity index (χ3n) is 5.38. The van der Waals surface area contributed by atoms with Crippen LogP contribution in [0.2, 0.25) is 0 Å².